The Bertz CT molecular complexity index is 979. The van der Waals surface area contributed by atoms with Crippen molar-refractivity contribution < 1.29 is 28.2 Å². The summed E-state index contributed by atoms with van der Waals surface area (Å²) in [6.45, 7) is 3.39. The maximum atomic E-state index is 12.9. The van der Waals surface area contributed by atoms with Crippen molar-refractivity contribution in [2.75, 3.05) is 19.0 Å². The van der Waals surface area contributed by atoms with Crippen molar-refractivity contribution in [3.05, 3.63) is 53.8 Å². The third kappa shape index (κ3) is 7.71. The first kappa shape index (κ1) is 24.3. The van der Waals surface area contributed by atoms with Crippen molar-refractivity contribution in [2.45, 2.75) is 26.3 Å². The highest BCUT2D eigenvalue weighted by molar-refractivity contribution is 6.35. The fourth-order valence-electron chi connectivity index (χ4n) is 2.36. The number of anilines is 1. The van der Waals surface area contributed by atoms with Gasteiger partial charge < -0.3 is 20.1 Å². The molecular weight excluding hydrogens is 419 g/mol. The van der Waals surface area contributed by atoms with Gasteiger partial charge in [0.1, 0.15) is 5.82 Å². The monoisotopic (exact) mass is 444 g/mol. The Balaban J connectivity index is 1.90. The lowest BCUT2D eigenvalue weighted by Crippen LogP contribution is -2.41. The predicted octanol–water partition coefficient (Wildman–Crippen LogP) is 2.22. The minimum absolute atomic E-state index is 0.119. The zero-order valence-corrected chi connectivity index (χ0v) is 18.0. The van der Waals surface area contributed by atoms with E-state index in [2.05, 4.69) is 21.2 Å². The fourth-order valence-corrected chi connectivity index (χ4v) is 2.36. The molecule has 0 heterocycles. The molecule has 0 aliphatic carbocycles. The number of carbonyl (C=O) groups excluding carboxylic acids is 3. The second-order valence-electron chi connectivity index (χ2n) is 6.74. The standard InChI is InChI=1S/C22H25FN4O5/c1-4-14(2)25-21(29)22(30)27-24-12-15-5-10-18(19(11-15)31-3)32-13-20(28)26-17-8-6-16(23)7-9-17/h5-12,14H,4,13H2,1-3H3,(H,25,29)(H,26,28)(H,27,30)/b24-12-/t14-/m0/s1. The highest BCUT2D eigenvalue weighted by Gasteiger charge is 2.14. The third-order valence-electron chi connectivity index (χ3n) is 4.25. The van der Waals surface area contributed by atoms with Crippen LogP contribution in [0.3, 0.4) is 0 Å². The van der Waals surface area contributed by atoms with Crippen LogP contribution in [0.2, 0.25) is 0 Å². The van der Waals surface area contributed by atoms with E-state index in [0.717, 1.165) is 0 Å². The number of carbonyl (C=O) groups is 3. The summed E-state index contributed by atoms with van der Waals surface area (Å²) in [6.07, 6.45) is 2.03. The smallest absolute Gasteiger partial charge is 0.329 e. The van der Waals surface area contributed by atoms with Gasteiger partial charge in [-0.3, -0.25) is 14.4 Å². The molecule has 10 heteroatoms. The van der Waals surface area contributed by atoms with Crippen LogP contribution in [0.15, 0.2) is 47.6 Å². The molecule has 2 rings (SSSR count). The Hall–Kier alpha value is -3.95. The van der Waals surface area contributed by atoms with Gasteiger partial charge in [0.25, 0.3) is 5.91 Å². The van der Waals surface area contributed by atoms with Crippen molar-refractivity contribution in [1.29, 1.82) is 0 Å². The molecule has 9 nitrogen and oxygen atoms in total. The molecule has 0 spiro atoms. The number of rotatable bonds is 9. The van der Waals surface area contributed by atoms with Crippen molar-refractivity contribution in [3.8, 4) is 11.5 Å². The van der Waals surface area contributed by atoms with Gasteiger partial charge in [0.05, 0.1) is 13.3 Å². The number of hydrazone groups is 1. The summed E-state index contributed by atoms with van der Waals surface area (Å²) in [5.74, 6) is -1.82. The number of benzene rings is 2. The van der Waals surface area contributed by atoms with Gasteiger partial charge in [0.15, 0.2) is 18.1 Å². The molecule has 1 atom stereocenters. The number of hydrogen-bond acceptors (Lipinski definition) is 6. The number of halogens is 1. The van der Waals surface area contributed by atoms with Gasteiger partial charge in [0.2, 0.25) is 0 Å². The number of amides is 3. The summed E-state index contributed by atoms with van der Waals surface area (Å²) in [5, 5.41) is 8.87. The molecule has 3 N–H and O–H groups in total. The van der Waals surface area contributed by atoms with Crippen molar-refractivity contribution in [2.24, 2.45) is 5.10 Å². The molecular formula is C22H25FN4O5. The number of methoxy groups -OCH3 is 1. The molecule has 2 aromatic rings. The van der Waals surface area contributed by atoms with Gasteiger partial charge in [-0.15, -0.1) is 0 Å². The number of ether oxygens (including phenoxy) is 2. The zero-order chi connectivity index (χ0) is 23.5. The Kier molecular flexibility index (Phi) is 9.15. The van der Waals surface area contributed by atoms with Crippen LogP contribution in [0.1, 0.15) is 25.8 Å². The lowest BCUT2D eigenvalue weighted by molar-refractivity contribution is -0.139. The summed E-state index contributed by atoms with van der Waals surface area (Å²) in [6, 6.07) is 10.0. The number of hydrogen-bond donors (Lipinski definition) is 3. The molecule has 0 bridgehead atoms. The minimum atomic E-state index is -0.874. The van der Waals surface area contributed by atoms with E-state index in [9.17, 15) is 18.8 Å². The molecule has 2 aromatic carbocycles. The molecule has 0 saturated heterocycles. The molecule has 170 valence electrons. The number of nitrogens with zero attached hydrogens (tertiary/aromatic N) is 1. The lowest BCUT2D eigenvalue weighted by Gasteiger charge is -2.11. The Morgan fingerprint density at radius 2 is 1.81 bits per heavy atom. The molecule has 3 amide bonds. The van der Waals surface area contributed by atoms with E-state index < -0.39 is 23.5 Å². The molecule has 0 radical (unpaired) electrons. The highest BCUT2D eigenvalue weighted by Crippen LogP contribution is 2.27. The maximum absolute atomic E-state index is 12.9. The molecule has 0 aromatic heterocycles. The largest absolute Gasteiger partial charge is 0.493 e. The second kappa shape index (κ2) is 12.0. The Morgan fingerprint density at radius 1 is 1.09 bits per heavy atom. The molecule has 0 saturated carbocycles. The normalized spacial score (nSPS) is 11.5. The van der Waals surface area contributed by atoms with Gasteiger partial charge in [-0.05, 0) is 61.4 Å². The first-order chi connectivity index (χ1) is 15.3. The van der Waals surface area contributed by atoms with Gasteiger partial charge in [-0.1, -0.05) is 6.92 Å². The summed E-state index contributed by atoms with van der Waals surface area (Å²) >= 11 is 0. The van der Waals surface area contributed by atoms with Crippen molar-refractivity contribution in [3.63, 3.8) is 0 Å². The molecule has 0 aliphatic heterocycles. The van der Waals surface area contributed by atoms with Crippen LogP contribution in [0.5, 0.6) is 11.5 Å². The average molecular weight is 444 g/mol. The third-order valence-corrected chi connectivity index (χ3v) is 4.25. The Morgan fingerprint density at radius 3 is 2.47 bits per heavy atom. The van der Waals surface area contributed by atoms with Gasteiger partial charge in [-0.25, -0.2) is 9.82 Å². The van der Waals surface area contributed by atoms with E-state index in [1.54, 1.807) is 25.1 Å². The van der Waals surface area contributed by atoms with Crippen LogP contribution >= 0.6 is 0 Å². The van der Waals surface area contributed by atoms with Crippen LogP contribution in [-0.4, -0.2) is 43.7 Å². The Labute approximate surface area is 185 Å². The average Bonchev–Trinajstić information content (AvgIpc) is 2.79. The SMILES string of the molecule is CC[C@H](C)NC(=O)C(=O)N/N=C\c1ccc(OCC(=O)Nc2ccc(F)cc2)c(OC)c1. The van der Waals surface area contributed by atoms with Crippen LogP contribution < -0.4 is 25.5 Å². The number of nitrogens with one attached hydrogen (secondary N) is 3. The van der Waals surface area contributed by atoms with Crippen LogP contribution in [0.25, 0.3) is 0 Å². The first-order valence-corrected chi connectivity index (χ1v) is 9.82. The van der Waals surface area contributed by atoms with Crippen LogP contribution in [0, 0.1) is 5.82 Å². The quantitative estimate of drug-likeness (QED) is 0.311. The van der Waals surface area contributed by atoms with Crippen molar-refractivity contribution >= 4 is 29.6 Å². The summed E-state index contributed by atoms with van der Waals surface area (Å²) < 4.78 is 23.7. The molecule has 0 unspecified atom stereocenters. The van der Waals surface area contributed by atoms with E-state index in [1.165, 1.54) is 37.6 Å². The van der Waals surface area contributed by atoms with Crippen LogP contribution in [0.4, 0.5) is 10.1 Å². The maximum Gasteiger partial charge on any atom is 0.329 e. The van der Waals surface area contributed by atoms with E-state index in [0.29, 0.717) is 29.2 Å². The van der Waals surface area contributed by atoms with E-state index in [4.69, 9.17) is 9.47 Å². The summed E-state index contributed by atoms with van der Waals surface area (Å²) in [5.41, 5.74) is 3.15. The van der Waals surface area contributed by atoms with E-state index in [1.807, 2.05) is 6.92 Å². The lowest BCUT2D eigenvalue weighted by atomic mass is 10.2. The summed E-state index contributed by atoms with van der Waals surface area (Å²) in [7, 11) is 1.43. The van der Waals surface area contributed by atoms with Gasteiger partial charge in [0, 0.05) is 11.7 Å². The minimum Gasteiger partial charge on any atom is -0.493 e. The first-order valence-electron chi connectivity index (χ1n) is 9.82. The highest BCUT2D eigenvalue weighted by atomic mass is 19.1. The van der Waals surface area contributed by atoms with E-state index >= 15 is 0 Å². The molecule has 0 fully saturated rings. The topological polar surface area (TPSA) is 118 Å². The zero-order valence-electron chi connectivity index (χ0n) is 18.0. The van der Waals surface area contributed by atoms with Gasteiger partial charge >= 0.3 is 11.8 Å². The van der Waals surface area contributed by atoms with Crippen molar-refractivity contribution in [1.82, 2.24) is 10.7 Å². The fraction of sp³-hybridized carbons (Fsp3) is 0.273. The predicted molar refractivity (Wildman–Crippen MR) is 117 cm³/mol. The second-order valence-corrected chi connectivity index (χ2v) is 6.74. The van der Waals surface area contributed by atoms with Gasteiger partial charge in [-0.2, -0.15) is 5.10 Å². The van der Waals surface area contributed by atoms with Crippen LogP contribution in [-0.2, 0) is 14.4 Å². The molecule has 32 heavy (non-hydrogen) atoms. The molecule has 0 aliphatic rings. The van der Waals surface area contributed by atoms with E-state index in [-0.39, 0.29) is 12.6 Å². The summed E-state index contributed by atoms with van der Waals surface area (Å²) in [4.78, 5) is 35.4.